The van der Waals surface area contributed by atoms with Crippen LogP contribution in [-0.2, 0) is 4.79 Å². The Morgan fingerprint density at radius 3 is 2.75 bits per heavy atom. The predicted octanol–water partition coefficient (Wildman–Crippen LogP) is 3.18. The monoisotopic (exact) mass is 281 g/mol. The van der Waals surface area contributed by atoms with E-state index in [9.17, 15) is 4.79 Å². The lowest BCUT2D eigenvalue weighted by Crippen LogP contribution is -2.18. The SMILES string of the molecule is CCC[C@@H](C)c1nnc(NC(=O)C(Cl)Cl)s1. The molecule has 1 aromatic heterocycles. The summed E-state index contributed by atoms with van der Waals surface area (Å²) >= 11 is 12.2. The molecule has 0 bridgehead atoms. The molecule has 4 nitrogen and oxygen atoms in total. The van der Waals surface area contributed by atoms with Crippen LogP contribution in [0.1, 0.15) is 37.6 Å². The van der Waals surface area contributed by atoms with Crippen LogP contribution in [0.3, 0.4) is 0 Å². The van der Waals surface area contributed by atoms with E-state index in [1.165, 1.54) is 11.3 Å². The minimum atomic E-state index is -1.08. The summed E-state index contributed by atoms with van der Waals surface area (Å²) in [5.74, 6) is -0.120. The van der Waals surface area contributed by atoms with Crippen molar-refractivity contribution in [2.24, 2.45) is 0 Å². The average molecular weight is 282 g/mol. The van der Waals surface area contributed by atoms with Gasteiger partial charge in [0.05, 0.1) is 0 Å². The molecule has 0 aromatic carbocycles. The van der Waals surface area contributed by atoms with E-state index in [4.69, 9.17) is 23.2 Å². The summed E-state index contributed by atoms with van der Waals surface area (Å²) in [6.07, 6.45) is 2.14. The maximum atomic E-state index is 11.2. The van der Waals surface area contributed by atoms with E-state index in [-0.39, 0.29) is 0 Å². The van der Waals surface area contributed by atoms with Crippen LogP contribution in [0.5, 0.6) is 0 Å². The summed E-state index contributed by atoms with van der Waals surface area (Å²) in [7, 11) is 0. The molecule has 0 aliphatic carbocycles. The molecular formula is C9H13Cl2N3OS. The zero-order chi connectivity index (χ0) is 12.1. The van der Waals surface area contributed by atoms with Crippen LogP contribution in [0.25, 0.3) is 0 Å². The molecule has 90 valence electrons. The van der Waals surface area contributed by atoms with Crippen molar-refractivity contribution in [3.63, 3.8) is 0 Å². The first-order valence-electron chi connectivity index (χ1n) is 4.97. The Hall–Kier alpha value is -0.390. The van der Waals surface area contributed by atoms with Crippen LogP contribution in [0.15, 0.2) is 0 Å². The van der Waals surface area contributed by atoms with Gasteiger partial charge in [-0.3, -0.25) is 10.1 Å². The van der Waals surface area contributed by atoms with Crippen LogP contribution in [-0.4, -0.2) is 20.9 Å². The molecule has 1 amide bonds. The van der Waals surface area contributed by atoms with Gasteiger partial charge in [0.25, 0.3) is 5.91 Å². The highest BCUT2D eigenvalue weighted by Gasteiger charge is 2.16. The molecule has 0 radical (unpaired) electrons. The molecule has 0 saturated carbocycles. The molecule has 16 heavy (non-hydrogen) atoms. The number of rotatable bonds is 5. The van der Waals surface area contributed by atoms with Gasteiger partial charge in [-0.1, -0.05) is 54.8 Å². The third kappa shape index (κ3) is 3.88. The second-order valence-corrected chi connectivity index (χ2v) is 5.53. The number of aromatic nitrogens is 2. The standard InChI is InChI=1S/C9H13Cl2N3OS/c1-3-4-5(2)8-13-14-9(16-8)12-7(15)6(10)11/h5-6H,3-4H2,1-2H3,(H,12,14,15)/t5-/m1/s1. The Kier molecular flexibility index (Phi) is 5.44. The highest BCUT2D eigenvalue weighted by Crippen LogP contribution is 2.26. The number of amides is 1. The number of alkyl halides is 2. The van der Waals surface area contributed by atoms with E-state index in [0.29, 0.717) is 11.0 Å². The van der Waals surface area contributed by atoms with Gasteiger partial charge in [-0.25, -0.2) is 0 Å². The minimum Gasteiger partial charge on any atom is -0.298 e. The maximum absolute atomic E-state index is 11.2. The number of hydrogen-bond acceptors (Lipinski definition) is 4. The van der Waals surface area contributed by atoms with Gasteiger partial charge in [0.2, 0.25) is 5.13 Å². The number of hydrogen-bond donors (Lipinski definition) is 1. The molecule has 0 aliphatic heterocycles. The highest BCUT2D eigenvalue weighted by atomic mass is 35.5. The van der Waals surface area contributed by atoms with Crippen LogP contribution in [0, 0.1) is 0 Å². The molecule has 0 spiro atoms. The molecule has 0 unspecified atom stereocenters. The third-order valence-electron chi connectivity index (χ3n) is 2.01. The second-order valence-electron chi connectivity index (χ2n) is 3.43. The van der Waals surface area contributed by atoms with E-state index in [0.717, 1.165) is 17.8 Å². The molecule has 0 aliphatic rings. The fourth-order valence-electron chi connectivity index (χ4n) is 1.20. The topological polar surface area (TPSA) is 54.9 Å². The van der Waals surface area contributed by atoms with Crippen molar-refractivity contribution in [2.75, 3.05) is 5.32 Å². The predicted molar refractivity (Wildman–Crippen MR) is 67.4 cm³/mol. The first-order chi connectivity index (χ1) is 7.54. The normalized spacial score (nSPS) is 12.8. The van der Waals surface area contributed by atoms with Gasteiger partial charge >= 0.3 is 0 Å². The van der Waals surface area contributed by atoms with Crippen LogP contribution < -0.4 is 5.32 Å². The number of carbonyl (C=O) groups excluding carboxylic acids is 1. The first kappa shape index (κ1) is 13.7. The quantitative estimate of drug-likeness (QED) is 0.844. The zero-order valence-corrected chi connectivity index (χ0v) is 11.4. The van der Waals surface area contributed by atoms with E-state index >= 15 is 0 Å². The summed E-state index contributed by atoms with van der Waals surface area (Å²) in [6.45, 7) is 4.20. The van der Waals surface area contributed by atoms with Gasteiger partial charge in [0.15, 0.2) is 4.84 Å². The van der Waals surface area contributed by atoms with Gasteiger partial charge in [0, 0.05) is 5.92 Å². The highest BCUT2D eigenvalue weighted by molar-refractivity contribution is 7.15. The van der Waals surface area contributed by atoms with Crippen LogP contribution >= 0.6 is 34.5 Å². The lowest BCUT2D eigenvalue weighted by atomic mass is 10.1. The first-order valence-corrected chi connectivity index (χ1v) is 6.66. The van der Waals surface area contributed by atoms with Crippen LogP contribution in [0.2, 0.25) is 0 Å². The summed E-state index contributed by atoms with van der Waals surface area (Å²) in [5, 5.41) is 11.7. The van der Waals surface area contributed by atoms with Crippen molar-refractivity contribution in [2.45, 2.75) is 37.4 Å². The molecule has 1 N–H and O–H groups in total. The van der Waals surface area contributed by atoms with E-state index in [2.05, 4.69) is 29.4 Å². The van der Waals surface area contributed by atoms with Gasteiger partial charge in [-0.05, 0) is 6.42 Å². The molecule has 1 rings (SSSR count). The van der Waals surface area contributed by atoms with E-state index < -0.39 is 10.7 Å². The van der Waals surface area contributed by atoms with Gasteiger partial charge in [-0.15, -0.1) is 10.2 Å². The van der Waals surface area contributed by atoms with Crippen LogP contribution in [0.4, 0.5) is 5.13 Å². The summed E-state index contributed by atoms with van der Waals surface area (Å²) in [5.41, 5.74) is 0. The number of halogens is 2. The smallest absolute Gasteiger partial charge is 0.259 e. The van der Waals surface area contributed by atoms with Crippen molar-refractivity contribution in [1.82, 2.24) is 10.2 Å². The molecule has 0 saturated heterocycles. The number of anilines is 1. The summed E-state index contributed by atoms with van der Waals surface area (Å²) in [6, 6.07) is 0. The van der Waals surface area contributed by atoms with Crippen molar-refractivity contribution >= 4 is 45.6 Å². The van der Waals surface area contributed by atoms with Crippen molar-refractivity contribution in [3.8, 4) is 0 Å². The number of carbonyl (C=O) groups is 1. The Bertz CT molecular complexity index is 356. The Morgan fingerprint density at radius 2 is 2.19 bits per heavy atom. The lowest BCUT2D eigenvalue weighted by molar-refractivity contribution is -0.114. The largest absolute Gasteiger partial charge is 0.298 e. The second kappa shape index (κ2) is 6.37. The zero-order valence-electron chi connectivity index (χ0n) is 9.04. The third-order valence-corrected chi connectivity index (χ3v) is 3.48. The van der Waals surface area contributed by atoms with E-state index in [1.807, 2.05) is 0 Å². The Labute approximate surface area is 108 Å². The van der Waals surface area contributed by atoms with Crippen molar-refractivity contribution < 1.29 is 4.79 Å². The summed E-state index contributed by atoms with van der Waals surface area (Å²) < 4.78 is 0. The van der Waals surface area contributed by atoms with Gasteiger partial charge in [-0.2, -0.15) is 0 Å². The molecule has 0 fully saturated rings. The van der Waals surface area contributed by atoms with Gasteiger partial charge < -0.3 is 0 Å². The summed E-state index contributed by atoms with van der Waals surface area (Å²) in [4.78, 5) is 10.1. The Morgan fingerprint density at radius 1 is 1.50 bits per heavy atom. The lowest BCUT2D eigenvalue weighted by Gasteiger charge is -2.03. The number of nitrogens with zero attached hydrogens (tertiary/aromatic N) is 2. The average Bonchev–Trinajstić information content (AvgIpc) is 2.66. The van der Waals surface area contributed by atoms with E-state index in [1.54, 1.807) is 0 Å². The minimum absolute atomic E-state index is 0.357. The molecule has 1 heterocycles. The molecule has 7 heteroatoms. The fourth-order valence-corrected chi connectivity index (χ4v) is 2.14. The Balaban J connectivity index is 2.61. The van der Waals surface area contributed by atoms with Crippen molar-refractivity contribution in [1.29, 1.82) is 0 Å². The van der Waals surface area contributed by atoms with Crippen molar-refractivity contribution in [3.05, 3.63) is 5.01 Å². The maximum Gasteiger partial charge on any atom is 0.259 e. The molecule has 1 aromatic rings. The van der Waals surface area contributed by atoms with Gasteiger partial charge in [0.1, 0.15) is 5.01 Å². The molecular weight excluding hydrogens is 269 g/mol. The number of nitrogens with one attached hydrogen (secondary N) is 1. The fraction of sp³-hybridized carbons (Fsp3) is 0.667. The molecule has 1 atom stereocenters.